The number of nitrogens with one attached hydrogen (secondary N) is 1. The van der Waals surface area contributed by atoms with Gasteiger partial charge in [-0.25, -0.2) is 4.98 Å². The molecule has 0 radical (unpaired) electrons. The number of anilines is 1. The molecule has 28 heavy (non-hydrogen) atoms. The Morgan fingerprint density at radius 1 is 1.32 bits per heavy atom. The van der Waals surface area contributed by atoms with Crippen LogP contribution in [0, 0.1) is 18.3 Å². The van der Waals surface area contributed by atoms with Crippen LogP contribution < -0.4 is 11.3 Å². The van der Waals surface area contributed by atoms with Gasteiger partial charge < -0.3 is 15.3 Å². The number of rotatable bonds is 3. The molecule has 0 unspecified atom stereocenters. The number of nitrogen functional groups attached to an aromatic ring is 1. The Bertz CT molecular complexity index is 1130. The van der Waals surface area contributed by atoms with Gasteiger partial charge in [0.25, 0.3) is 5.56 Å². The summed E-state index contributed by atoms with van der Waals surface area (Å²) in [6, 6.07) is 11.5. The first-order chi connectivity index (χ1) is 13.5. The van der Waals surface area contributed by atoms with Crippen LogP contribution >= 0.6 is 0 Å². The average Bonchev–Trinajstić information content (AvgIpc) is 2.96. The second-order valence-electron chi connectivity index (χ2n) is 7.23. The molecule has 3 heterocycles. The molecule has 1 aliphatic heterocycles. The number of fused-ring (bicyclic) bond motifs is 1. The van der Waals surface area contributed by atoms with Gasteiger partial charge in [0.1, 0.15) is 17.6 Å². The quantitative estimate of drug-likeness (QED) is 0.683. The summed E-state index contributed by atoms with van der Waals surface area (Å²) in [5.74, 6) is 0.578. The fourth-order valence-corrected chi connectivity index (χ4v) is 3.66. The largest absolute Gasteiger partial charge is 0.399 e. The zero-order valence-corrected chi connectivity index (χ0v) is 16.0. The fraction of sp³-hybridized carbons (Fsp3) is 0.286. The lowest BCUT2D eigenvalue weighted by molar-refractivity contribution is 0.241. The van der Waals surface area contributed by atoms with Crippen LogP contribution in [-0.4, -0.2) is 26.0 Å². The minimum atomic E-state index is -0.0935. The molecule has 0 fully saturated rings. The number of H-pyrrole nitrogens is 1. The first kappa shape index (κ1) is 18.0. The molecule has 3 N–H and O–H groups in total. The highest BCUT2D eigenvalue weighted by Gasteiger charge is 2.23. The highest BCUT2D eigenvalue weighted by molar-refractivity contribution is 5.58. The Balaban J connectivity index is 1.59. The molecule has 3 aromatic rings. The molecular formula is C21H22N6O. The second-order valence-corrected chi connectivity index (χ2v) is 7.23. The summed E-state index contributed by atoms with van der Waals surface area (Å²) < 4.78 is 1.90. The third kappa shape index (κ3) is 3.19. The molecule has 0 aliphatic carbocycles. The van der Waals surface area contributed by atoms with E-state index in [1.807, 2.05) is 36.7 Å². The monoisotopic (exact) mass is 374 g/mol. The fourth-order valence-electron chi connectivity index (χ4n) is 3.66. The van der Waals surface area contributed by atoms with Crippen LogP contribution in [0.15, 0.2) is 35.1 Å². The zero-order valence-electron chi connectivity index (χ0n) is 16.0. The molecule has 2 aromatic heterocycles. The highest BCUT2D eigenvalue weighted by atomic mass is 16.1. The lowest BCUT2D eigenvalue weighted by Crippen LogP contribution is -2.35. The number of hydrogen-bond acceptors (Lipinski definition) is 5. The Kier molecular flexibility index (Phi) is 4.49. The van der Waals surface area contributed by atoms with Crippen molar-refractivity contribution < 1.29 is 0 Å². The van der Waals surface area contributed by atoms with Crippen LogP contribution in [0.1, 0.15) is 28.2 Å². The zero-order chi connectivity index (χ0) is 19.8. The van der Waals surface area contributed by atoms with Gasteiger partial charge in [-0.05, 0) is 42.8 Å². The summed E-state index contributed by atoms with van der Waals surface area (Å²) in [5, 5.41) is 9.22. The van der Waals surface area contributed by atoms with E-state index in [1.54, 1.807) is 12.1 Å². The van der Waals surface area contributed by atoms with Crippen molar-refractivity contribution in [3.05, 3.63) is 68.9 Å². The number of nitrogens with two attached hydrogens (primary N) is 1. The van der Waals surface area contributed by atoms with Crippen molar-refractivity contribution in [1.82, 2.24) is 19.4 Å². The van der Waals surface area contributed by atoms with Gasteiger partial charge in [0.05, 0.1) is 11.3 Å². The van der Waals surface area contributed by atoms with Gasteiger partial charge >= 0.3 is 0 Å². The molecule has 7 nitrogen and oxygen atoms in total. The Morgan fingerprint density at radius 3 is 2.75 bits per heavy atom. The van der Waals surface area contributed by atoms with Gasteiger partial charge in [-0.2, -0.15) is 5.26 Å². The molecule has 7 heteroatoms. The third-order valence-corrected chi connectivity index (χ3v) is 5.48. The molecule has 4 rings (SSSR count). The van der Waals surface area contributed by atoms with Crippen LogP contribution in [0.25, 0.3) is 11.4 Å². The van der Waals surface area contributed by atoms with Crippen molar-refractivity contribution in [3.63, 3.8) is 0 Å². The highest BCUT2D eigenvalue weighted by Crippen LogP contribution is 2.22. The van der Waals surface area contributed by atoms with Crippen LogP contribution in [0.3, 0.4) is 0 Å². The summed E-state index contributed by atoms with van der Waals surface area (Å²) in [6.45, 7) is 4.10. The SMILES string of the molecule is Cc1c(CN2CCc3nc(-c4ccc(N)cc4)[nH]c(=O)c3C2)cc(C#N)n1C. The maximum Gasteiger partial charge on any atom is 0.255 e. The second kappa shape index (κ2) is 6.98. The molecule has 0 saturated carbocycles. The lowest BCUT2D eigenvalue weighted by atomic mass is 10.1. The third-order valence-electron chi connectivity index (χ3n) is 5.48. The van der Waals surface area contributed by atoms with E-state index in [9.17, 15) is 10.1 Å². The van der Waals surface area contributed by atoms with Crippen molar-refractivity contribution >= 4 is 5.69 Å². The van der Waals surface area contributed by atoms with E-state index in [0.717, 1.165) is 41.0 Å². The predicted octanol–water partition coefficient (Wildman–Crippen LogP) is 2.10. The first-order valence-corrected chi connectivity index (χ1v) is 9.22. The number of nitrogens with zero attached hydrogens (tertiary/aromatic N) is 4. The minimum absolute atomic E-state index is 0.0935. The summed E-state index contributed by atoms with van der Waals surface area (Å²) in [5.41, 5.74) is 11.6. The predicted molar refractivity (Wildman–Crippen MR) is 107 cm³/mol. The van der Waals surface area contributed by atoms with E-state index < -0.39 is 0 Å². The van der Waals surface area contributed by atoms with Crippen LogP contribution in [-0.2, 0) is 26.6 Å². The van der Waals surface area contributed by atoms with E-state index in [-0.39, 0.29) is 5.56 Å². The van der Waals surface area contributed by atoms with E-state index in [2.05, 4.69) is 16.0 Å². The number of aromatic amines is 1. The number of aromatic nitrogens is 3. The maximum absolute atomic E-state index is 12.7. The molecule has 0 atom stereocenters. The smallest absolute Gasteiger partial charge is 0.255 e. The van der Waals surface area contributed by atoms with Crippen LogP contribution in [0.2, 0.25) is 0 Å². The average molecular weight is 374 g/mol. The van der Waals surface area contributed by atoms with Gasteiger partial charge in [-0.15, -0.1) is 0 Å². The number of hydrogen-bond donors (Lipinski definition) is 2. The topological polar surface area (TPSA) is 104 Å². The van der Waals surface area contributed by atoms with Gasteiger partial charge in [0.15, 0.2) is 0 Å². The van der Waals surface area contributed by atoms with Crippen molar-refractivity contribution in [2.75, 3.05) is 12.3 Å². The molecule has 0 spiro atoms. The lowest BCUT2D eigenvalue weighted by Gasteiger charge is -2.27. The molecule has 0 saturated heterocycles. The Hall–Kier alpha value is -3.37. The normalized spacial score (nSPS) is 13.9. The molecular weight excluding hydrogens is 352 g/mol. The van der Waals surface area contributed by atoms with Gasteiger partial charge in [0, 0.05) is 50.0 Å². The van der Waals surface area contributed by atoms with E-state index in [0.29, 0.717) is 30.3 Å². The molecule has 1 aromatic carbocycles. The first-order valence-electron chi connectivity index (χ1n) is 9.22. The van der Waals surface area contributed by atoms with E-state index in [1.165, 1.54) is 0 Å². The summed E-state index contributed by atoms with van der Waals surface area (Å²) in [4.78, 5) is 22.5. The molecule has 0 bridgehead atoms. The van der Waals surface area contributed by atoms with Crippen LogP contribution in [0.4, 0.5) is 5.69 Å². The number of benzene rings is 1. The maximum atomic E-state index is 12.7. The van der Waals surface area contributed by atoms with Gasteiger partial charge in [-0.3, -0.25) is 9.69 Å². The van der Waals surface area contributed by atoms with Crippen molar-refractivity contribution in [1.29, 1.82) is 5.26 Å². The van der Waals surface area contributed by atoms with Crippen molar-refractivity contribution in [3.8, 4) is 17.5 Å². The van der Waals surface area contributed by atoms with Crippen LogP contribution in [0.5, 0.6) is 0 Å². The van der Waals surface area contributed by atoms with E-state index >= 15 is 0 Å². The summed E-state index contributed by atoms with van der Waals surface area (Å²) >= 11 is 0. The van der Waals surface area contributed by atoms with E-state index in [4.69, 9.17) is 10.7 Å². The number of nitriles is 1. The van der Waals surface area contributed by atoms with Gasteiger partial charge in [-0.1, -0.05) is 0 Å². The summed E-state index contributed by atoms with van der Waals surface area (Å²) in [6.07, 6.45) is 0.720. The van der Waals surface area contributed by atoms with Crippen molar-refractivity contribution in [2.45, 2.75) is 26.4 Å². The van der Waals surface area contributed by atoms with Gasteiger partial charge in [0.2, 0.25) is 0 Å². The standard InChI is InChI=1S/C21H22N6O/c1-13-15(9-17(10-22)26(13)2)11-27-8-7-19-18(12-27)21(28)25-20(24-19)14-3-5-16(23)6-4-14/h3-6,9H,7-8,11-12,23H2,1-2H3,(H,24,25,28). The molecule has 142 valence electrons. The van der Waals surface area contributed by atoms with Crippen molar-refractivity contribution in [2.24, 2.45) is 7.05 Å². The minimum Gasteiger partial charge on any atom is -0.399 e. The Labute approximate surface area is 163 Å². The molecule has 0 amide bonds. The summed E-state index contributed by atoms with van der Waals surface area (Å²) in [7, 11) is 1.90. The molecule has 1 aliphatic rings. The Morgan fingerprint density at radius 2 is 2.07 bits per heavy atom.